The molecule has 0 spiro atoms. The average molecular weight is 655 g/mol. The molecule has 14 nitrogen and oxygen atoms in total. The van der Waals surface area contributed by atoms with Gasteiger partial charge in [0.25, 0.3) is 23.6 Å². The summed E-state index contributed by atoms with van der Waals surface area (Å²) in [4.78, 5) is 74.2. The van der Waals surface area contributed by atoms with Gasteiger partial charge in [-0.15, -0.1) is 0 Å². The van der Waals surface area contributed by atoms with Gasteiger partial charge in [-0.1, -0.05) is 0 Å². The van der Waals surface area contributed by atoms with Crippen LogP contribution in [0.3, 0.4) is 0 Å². The minimum absolute atomic E-state index is 0.00981. The Labute approximate surface area is 275 Å². The van der Waals surface area contributed by atoms with Gasteiger partial charge in [-0.3, -0.25) is 24.1 Å². The summed E-state index contributed by atoms with van der Waals surface area (Å²) in [5, 5.41) is 0. The van der Waals surface area contributed by atoms with E-state index in [2.05, 4.69) is 0 Å². The molecule has 0 saturated heterocycles. The van der Waals surface area contributed by atoms with Crippen molar-refractivity contribution in [1.82, 2.24) is 4.90 Å². The standard InChI is InChI=1S/C19H17N3O4.C15H17N3O4/c1-10-11(2)18(24)22(17(10)23)15-3-5-16(6-4-15)26-19(25)12-7-13(20)9-14(21)8-12;1-8-9(2)14(20)18(13(8)19)3-4-22-15(21)10-5-11(16)7-12(17)6-10/h3-9H,20-21H2,1-2H3;5-7H,3-4,16-17H2,1-2H3. The first kappa shape index (κ1) is 34.4. The van der Waals surface area contributed by atoms with Crippen LogP contribution >= 0.6 is 0 Å². The lowest BCUT2D eigenvalue weighted by Crippen LogP contribution is -2.35. The van der Waals surface area contributed by atoms with Gasteiger partial charge in [0.05, 0.1) is 23.4 Å². The number of hydrogen-bond donors (Lipinski definition) is 4. The van der Waals surface area contributed by atoms with Crippen molar-refractivity contribution in [3.05, 3.63) is 94.1 Å². The lowest BCUT2D eigenvalue weighted by atomic mass is 10.2. The van der Waals surface area contributed by atoms with Gasteiger partial charge in [0.15, 0.2) is 0 Å². The lowest BCUT2D eigenvalue weighted by Gasteiger charge is -2.15. The highest BCUT2D eigenvalue weighted by atomic mass is 16.5. The third-order valence-electron chi connectivity index (χ3n) is 7.58. The Balaban J connectivity index is 0.000000220. The summed E-state index contributed by atoms with van der Waals surface area (Å²) >= 11 is 0. The first-order valence-electron chi connectivity index (χ1n) is 14.5. The number of nitrogen functional groups attached to an aromatic ring is 4. The highest BCUT2D eigenvalue weighted by molar-refractivity contribution is 6.32. The number of nitrogens with two attached hydrogens (primary N) is 4. The minimum Gasteiger partial charge on any atom is -0.460 e. The van der Waals surface area contributed by atoms with E-state index in [0.717, 1.165) is 9.80 Å². The molecule has 0 fully saturated rings. The molecule has 0 aromatic heterocycles. The van der Waals surface area contributed by atoms with E-state index in [-0.39, 0.29) is 53.7 Å². The Morgan fingerprint density at radius 2 is 0.979 bits per heavy atom. The van der Waals surface area contributed by atoms with E-state index in [4.69, 9.17) is 32.4 Å². The van der Waals surface area contributed by atoms with Crippen LogP contribution in [0.1, 0.15) is 48.4 Å². The molecule has 2 heterocycles. The zero-order valence-corrected chi connectivity index (χ0v) is 26.7. The molecule has 2 aliphatic rings. The van der Waals surface area contributed by atoms with Crippen LogP contribution in [-0.2, 0) is 23.9 Å². The number of nitrogens with zero attached hydrogens (tertiary/aromatic N) is 2. The number of ether oxygens (including phenoxy) is 2. The second kappa shape index (κ2) is 13.9. The number of amides is 4. The molecule has 48 heavy (non-hydrogen) atoms. The molecule has 0 aliphatic carbocycles. The normalized spacial score (nSPS) is 14.4. The van der Waals surface area contributed by atoms with Gasteiger partial charge in [-0.05, 0) is 88.4 Å². The van der Waals surface area contributed by atoms with Gasteiger partial charge in [-0.2, -0.15) is 0 Å². The molecule has 0 radical (unpaired) electrons. The van der Waals surface area contributed by atoms with Gasteiger partial charge in [0.1, 0.15) is 12.4 Å². The predicted molar refractivity (Wildman–Crippen MR) is 178 cm³/mol. The average Bonchev–Trinajstić information content (AvgIpc) is 3.34. The number of anilines is 5. The van der Waals surface area contributed by atoms with Gasteiger partial charge in [0, 0.05) is 45.0 Å². The Morgan fingerprint density at radius 3 is 1.42 bits per heavy atom. The fourth-order valence-corrected chi connectivity index (χ4v) is 4.73. The molecule has 3 aromatic carbocycles. The number of esters is 2. The Bertz CT molecular complexity index is 1840. The number of hydrogen-bond acceptors (Lipinski definition) is 12. The van der Waals surface area contributed by atoms with E-state index < -0.39 is 11.9 Å². The number of benzene rings is 3. The van der Waals surface area contributed by atoms with E-state index in [0.29, 0.717) is 50.7 Å². The molecule has 14 heteroatoms. The molecule has 2 aliphatic heterocycles. The molecule has 248 valence electrons. The maximum atomic E-state index is 12.2. The summed E-state index contributed by atoms with van der Waals surface area (Å²) < 4.78 is 10.3. The van der Waals surface area contributed by atoms with Gasteiger partial charge in [0.2, 0.25) is 0 Å². The van der Waals surface area contributed by atoms with Crippen LogP contribution in [0.4, 0.5) is 28.4 Å². The van der Waals surface area contributed by atoms with Crippen molar-refractivity contribution >= 4 is 64.0 Å². The van der Waals surface area contributed by atoms with Crippen LogP contribution in [0.25, 0.3) is 0 Å². The van der Waals surface area contributed by atoms with E-state index in [9.17, 15) is 28.8 Å². The zero-order valence-electron chi connectivity index (χ0n) is 26.7. The summed E-state index contributed by atoms with van der Waals surface area (Å²) in [6.07, 6.45) is 0. The number of carbonyl (C=O) groups is 6. The third-order valence-corrected chi connectivity index (χ3v) is 7.58. The largest absolute Gasteiger partial charge is 0.460 e. The second-order valence-electron chi connectivity index (χ2n) is 11.0. The number of rotatable bonds is 7. The molecule has 8 N–H and O–H groups in total. The fourth-order valence-electron chi connectivity index (χ4n) is 4.73. The molecule has 0 bridgehead atoms. The highest BCUT2D eigenvalue weighted by Crippen LogP contribution is 2.28. The van der Waals surface area contributed by atoms with Crippen molar-refractivity contribution in [2.75, 3.05) is 41.0 Å². The Morgan fingerprint density at radius 1 is 0.583 bits per heavy atom. The van der Waals surface area contributed by atoms with Gasteiger partial charge >= 0.3 is 11.9 Å². The summed E-state index contributed by atoms with van der Waals surface area (Å²) in [6, 6.07) is 15.0. The van der Waals surface area contributed by atoms with E-state index in [1.54, 1.807) is 27.7 Å². The first-order chi connectivity index (χ1) is 22.6. The SMILES string of the molecule is CC1=C(C)C(=O)N(CCOC(=O)c2cc(N)cc(N)c2)C1=O.CC1=C(C)C(=O)N(c2ccc(OC(=O)c3cc(N)cc(N)c3)cc2)C1=O. The van der Waals surface area contributed by atoms with E-state index >= 15 is 0 Å². The molecule has 5 rings (SSSR count). The number of imide groups is 2. The maximum absolute atomic E-state index is 12.2. The molecule has 0 saturated carbocycles. The Hall–Kier alpha value is -6.44. The summed E-state index contributed by atoms with van der Waals surface area (Å²) in [6.45, 7) is 6.33. The van der Waals surface area contributed by atoms with Crippen molar-refractivity contribution in [3.63, 3.8) is 0 Å². The highest BCUT2D eigenvalue weighted by Gasteiger charge is 2.35. The van der Waals surface area contributed by atoms with Crippen LogP contribution < -0.4 is 32.6 Å². The quantitative estimate of drug-likeness (QED) is 0.125. The van der Waals surface area contributed by atoms with Crippen LogP contribution in [0.5, 0.6) is 5.75 Å². The van der Waals surface area contributed by atoms with Crippen molar-refractivity contribution in [2.45, 2.75) is 27.7 Å². The van der Waals surface area contributed by atoms with Gasteiger partial charge < -0.3 is 32.4 Å². The molecule has 4 amide bonds. The monoisotopic (exact) mass is 654 g/mol. The van der Waals surface area contributed by atoms with Crippen molar-refractivity contribution in [1.29, 1.82) is 0 Å². The number of carbonyl (C=O) groups excluding carboxylic acids is 6. The molecular weight excluding hydrogens is 620 g/mol. The van der Waals surface area contributed by atoms with Crippen LogP contribution in [0, 0.1) is 0 Å². The summed E-state index contributed by atoms with van der Waals surface area (Å²) in [5.74, 6) is -2.38. The first-order valence-corrected chi connectivity index (χ1v) is 14.5. The second-order valence-corrected chi connectivity index (χ2v) is 11.0. The smallest absolute Gasteiger partial charge is 0.343 e. The lowest BCUT2D eigenvalue weighted by molar-refractivity contribution is -0.138. The minimum atomic E-state index is -0.613. The van der Waals surface area contributed by atoms with Gasteiger partial charge in [-0.25, -0.2) is 14.5 Å². The van der Waals surface area contributed by atoms with Crippen LogP contribution in [-0.4, -0.2) is 53.6 Å². The van der Waals surface area contributed by atoms with Crippen molar-refractivity contribution in [2.24, 2.45) is 0 Å². The molecular formula is C34H34N6O8. The molecule has 0 atom stereocenters. The summed E-state index contributed by atoms with van der Waals surface area (Å²) in [7, 11) is 0. The van der Waals surface area contributed by atoms with Crippen LogP contribution in [0.2, 0.25) is 0 Å². The third kappa shape index (κ3) is 7.33. The molecule has 0 unspecified atom stereocenters. The topological polar surface area (TPSA) is 231 Å². The van der Waals surface area contributed by atoms with Crippen molar-refractivity contribution < 1.29 is 38.2 Å². The zero-order chi connectivity index (χ0) is 35.4. The summed E-state index contributed by atoms with van der Waals surface area (Å²) in [5.41, 5.74) is 26.5. The Kier molecular flexibility index (Phi) is 9.98. The predicted octanol–water partition coefficient (Wildman–Crippen LogP) is 2.99. The molecule has 3 aromatic rings. The fraction of sp³-hybridized carbons (Fsp3) is 0.176. The van der Waals surface area contributed by atoms with Crippen molar-refractivity contribution in [3.8, 4) is 5.75 Å². The van der Waals surface area contributed by atoms with E-state index in [1.807, 2.05) is 0 Å². The maximum Gasteiger partial charge on any atom is 0.343 e. The van der Waals surface area contributed by atoms with E-state index in [1.165, 1.54) is 60.7 Å². The van der Waals surface area contributed by atoms with Crippen LogP contribution in [0.15, 0.2) is 83.0 Å².